The Labute approximate surface area is 50.6 Å². The van der Waals surface area contributed by atoms with Crippen molar-refractivity contribution in [2.45, 2.75) is 0 Å². The Bertz CT molecular complexity index is 168. The van der Waals surface area contributed by atoms with E-state index in [9.17, 15) is 10.0 Å². The number of hydroxylamine groups is 2. The molecule has 1 unspecified atom stereocenters. The number of carboxylic acid groups (broad SMARTS) is 1. The maximum atomic E-state index is 10.7. The van der Waals surface area contributed by atoms with Crippen molar-refractivity contribution in [3.8, 4) is 0 Å². The van der Waals surface area contributed by atoms with Gasteiger partial charge in [0.1, 0.15) is 13.1 Å². The van der Waals surface area contributed by atoms with Crippen molar-refractivity contribution in [2.75, 3.05) is 13.1 Å². The normalized spacial score (nSPS) is 33.0. The van der Waals surface area contributed by atoms with Gasteiger partial charge in [0, 0.05) is 5.22 Å². The number of carbonyl (C=O) groups is 1. The van der Waals surface area contributed by atoms with Gasteiger partial charge in [0.2, 0.25) is 0 Å². The van der Waals surface area contributed by atoms with Crippen LogP contribution in [0.5, 0.6) is 0 Å². The van der Waals surface area contributed by atoms with Crippen LogP contribution in [0.15, 0.2) is 10.3 Å². The second-order valence-electron chi connectivity index (χ2n) is 1.66. The quantitative estimate of drug-likeness (QED) is 0.380. The first kappa shape index (κ1) is 6.12. The lowest BCUT2D eigenvalue weighted by Crippen LogP contribution is -2.39. The van der Waals surface area contributed by atoms with Gasteiger partial charge >= 0.3 is 6.09 Å². The van der Waals surface area contributed by atoms with Crippen LogP contribution in [0.3, 0.4) is 0 Å². The van der Waals surface area contributed by atoms with Gasteiger partial charge in [-0.15, -0.1) is 9.87 Å². The van der Waals surface area contributed by atoms with E-state index in [0.717, 1.165) is 0 Å². The molecule has 0 saturated heterocycles. The predicted octanol–water partition coefficient (Wildman–Crippen LogP) is 0.360. The van der Waals surface area contributed by atoms with Crippen molar-refractivity contribution in [2.24, 2.45) is 10.3 Å². The van der Waals surface area contributed by atoms with Gasteiger partial charge in [-0.2, -0.15) is 4.79 Å². The van der Waals surface area contributed by atoms with Gasteiger partial charge in [-0.05, 0) is 0 Å². The van der Waals surface area contributed by atoms with Gasteiger partial charge in [0.05, 0.1) is 0 Å². The van der Waals surface area contributed by atoms with Crippen LogP contribution < -0.4 is 0 Å². The Morgan fingerprint density at radius 1 is 1.78 bits per heavy atom. The molecule has 0 aromatic rings. The lowest BCUT2D eigenvalue weighted by Gasteiger charge is -2.21. The maximum absolute atomic E-state index is 10.7. The number of hydrogen-bond acceptors (Lipinski definition) is 4. The zero-order valence-corrected chi connectivity index (χ0v) is 4.52. The number of nitrogens with zero attached hydrogens (tertiary/aromatic N) is 3. The standard InChI is InChI=1S/C3H5N3O3/c7-3(8)6(9)2-1-4-5-6/h1-2H2,(H,7,8). The summed E-state index contributed by atoms with van der Waals surface area (Å²) >= 11 is 0. The van der Waals surface area contributed by atoms with Crippen molar-refractivity contribution in [3.05, 3.63) is 5.21 Å². The van der Waals surface area contributed by atoms with E-state index >= 15 is 0 Å². The molecule has 6 heteroatoms. The van der Waals surface area contributed by atoms with Crippen LogP contribution in [0.2, 0.25) is 0 Å². The molecule has 0 bridgehead atoms. The zero-order valence-electron chi connectivity index (χ0n) is 4.52. The SMILES string of the molecule is O=C(O)[N+]1([O-])CCN=N1. The lowest BCUT2D eigenvalue weighted by molar-refractivity contribution is -0.807. The highest BCUT2D eigenvalue weighted by atomic mass is 16.6. The van der Waals surface area contributed by atoms with Crippen molar-refractivity contribution in [1.29, 1.82) is 0 Å². The van der Waals surface area contributed by atoms with E-state index in [1.54, 1.807) is 0 Å². The molecule has 0 aliphatic carbocycles. The summed E-state index contributed by atoms with van der Waals surface area (Å²) in [6, 6.07) is 0. The number of rotatable bonds is 0. The van der Waals surface area contributed by atoms with Crippen molar-refractivity contribution in [1.82, 2.24) is 0 Å². The largest absolute Gasteiger partial charge is 0.593 e. The van der Waals surface area contributed by atoms with Crippen LogP contribution in [0.25, 0.3) is 0 Å². The summed E-state index contributed by atoms with van der Waals surface area (Å²) in [6.07, 6.45) is -1.50. The smallest absolute Gasteiger partial charge is 0.542 e. The zero-order chi connectivity index (χ0) is 6.91. The third kappa shape index (κ3) is 0.889. The number of amides is 1. The second kappa shape index (κ2) is 1.74. The van der Waals surface area contributed by atoms with Crippen LogP contribution in [0.4, 0.5) is 4.79 Å². The van der Waals surface area contributed by atoms with Crippen LogP contribution in [0.1, 0.15) is 0 Å². The average Bonchev–Trinajstić information content (AvgIpc) is 2.16. The third-order valence-corrected chi connectivity index (χ3v) is 1.01. The highest BCUT2D eigenvalue weighted by Crippen LogP contribution is 2.11. The van der Waals surface area contributed by atoms with Gasteiger partial charge in [-0.1, -0.05) is 0 Å². The van der Waals surface area contributed by atoms with E-state index in [-0.39, 0.29) is 13.1 Å². The molecule has 50 valence electrons. The molecule has 1 aliphatic heterocycles. The summed E-state index contributed by atoms with van der Waals surface area (Å²) in [5.74, 6) is 0. The Morgan fingerprint density at radius 2 is 2.44 bits per heavy atom. The molecule has 0 aromatic carbocycles. The molecule has 0 radical (unpaired) electrons. The first-order valence-electron chi connectivity index (χ1n) is 2.37. The molecule has 0 spiro atoms. The number of hydrogen-bond donors (Lipinski definition) is 1. The van der Waals surface area contributed by atoms with E-state index in [1.165, 1.54) is 0 Å². The molecular weight excluding hydrogens is 126 g/mol. The van der Waals surface area contributed by atoms with Crippen molar-refractivity contribution < 1.29 is 14.7 Å². The number of quaternary nitrogens is 1. The highest BCUT2D eigenvalue weighted by molar-refractivity contribution is 5.56. The van der Waals surface area contributed by atoms with E-state index in [2.05, 4.69) is 10.3 Å². The molecule has 1 rings (SSSR count). The molecule has 9 heavy (non-hydrogen) atoms. The van der Waals surface area contributed by atoms with Crippen LogP contribution >= 0.6 is 0 Å². The average molecular weight is 131 g/mol. The maximum Gasteiger partial charge on any atom is 0.542 e. The van der Waals surface area contributed by atoms with E-state index in [4.69, 9.17) is 5.11 Å². The Morgan fingerprint density at radius 3 is 2.67 bits per heavy atom. The third-order valence-electron chi connectivity index (χ3n) is 1.01. The fourth-order valence-corrected chi connectivity index (χ4v) is 0.506. The highest BCUT2D eigenvalue weighted by Gasteiger charge is 2.31. The van der Waals surface area contributed by atoms with Gasteiger partial charge in [0.25, 0.3) is 0 Å². The first-order valence-corrected chi connectivity index (χ1v) is 2.37. The van der Waals surface area contributed by atoms with Crippen LogP contribution in [-0.4, -0.2) is 29.0 Å². The minimum absolute atomic E-state index is 0.0880. The molecule has 0 saturated carbocycles. The molecule has 0 aromatic heterocycles. The minimum Gasteiger partial charge on any atom is -0.593 e. The van der Waals surface area contributed by atoms with Crippen molar-refractivity contribution in [3.63, 3.8) is 0 Å². The van der Waals surface area contributed by atoms with E-state index < -0.39 is 10.8 Å². The van der Waals surface area contributed by atoms with Crippen LogP contribution in [-0.2, 0) is 0 Å². The van der Waals surface area contributed by atoms with Crippen molar-refractivity contribution >= 4 is 6.09 Å². The molecule has 1 amide bonds. The van der Waals surface area contributed by atoms with Crippen LogP contribution in [0, 0.1) is 5.21 Å². The topological polar surface area (TPSA) is 85.1 Å². The summed E-state index contributed by atoms with van der Waals surface area (Å²) in [5, 5.41) is 25.1. The second-order valence-corrected chi connectivity index (χ2v) is 1.66. The lowest BCUT2D eigenvalue weighted by atomic mass is 10.6. The molecule has 1 N–H and O–H groups in total. The summed E-state index contributed by atoms with van der Waals surface area (Å²) in [4.78, 5) is 10.0. The van der Waals surface area contributed by atoms with Gasteiger partial charge < -0.3 is 10.3 Å². The summed E-state index contributed by atoms with van der Waals surface area (Å²) in [5.41, 5.74) is 0. The summed E-state index contributed by atoms with van der Waals surface area (Å²) < 4.78 is -1.57. The van der Waals surface area contributed by atoms with E-state index in [1.807, 2.05) is 0 Å². The fraction of sp³-hybridized carbons (Fsp3) is 0.667. The fourth-order valence-electron chi connectivity index (χ4n) is 0.506. The Kier molecular flexibility index (Phi) is 1.19. The molecule has 1 atom stereocenters. The summed E-state index contributed by atoms with van der Waals surface area (Å²) in [6.45, 7) is 0.116. The van der Waals surface area contributed by atoms with Gasteiger partial charge in [-0.3, -0.25) is 0 Å². The van der Waals surface area contributed by atoms with E-state index in [0.29, 0.717) is 0 Å². The molecule has 1 aliphatic rings. The minimum atomic E-state index is -1.57. The summed E-state index contributed by atoms with van der Waals surface area (Å²) in [7, 11) is 0. The van der Waals surface area contributed by atoms with Gasteiger partial charge in [-0.25, -0.2) is 0 Å². The molecule has 0 fully saturated rings. The molecule has 1 heterocycles. The molecule has 6 nitrogen and oxygen atoms in total. The molecular formula is C3H5N3O3. The monoisotopic (exact) mass is 131 g/mol. The Balaban J connectivity index is 2.74. The first-order chi connectivity index (χ1) is 4.15. The van der Waals surface area contributed by atoms with Gasteiger partial charge in [0.15, 0.2) is 0 Å². The predicted molar refractivity (Wildman–Crippen MR) is 26.2 cm³/mol. The Hall–Kier alpha value is -1.01.